The van der Waals surface area contributed by atoms with E-state index in [1.165, 1.54) is 0 Å². The van der Waals surface area contributed by atoms with Crippen LogP contribution < -0.4 is 0 Å². The molecule has 0 saturated heterocycles. The summed E-state index contributed by atoms with van der Waals surface area (Å²) >= 11 is 0. The number of carboxylic acid groups (broad SMARTS) is 2. The number of hydrogen-bond acceptors (Lipinski definition) is 4. The van der Waals surface area contributed by atoms with Crippen molar-refractivity contribution in [2.75, 3.05) is 6.61 Å². The first kappa shape index (κ1) is 20.7. The highest BCUT2D eigenvalue weighted by atomic mass is 16.5. The number of ether oxygens (including phenoxy) is 1. The molecule has 0 amide bonds. The van der Waals surface area contributed by atoms with Crippen LogP contribution in [0.5, 0.6) is 0 Å². The maximum absolute atomic E-state index is 12.2. The van der Waals surface area contributed by atoms with Crippen LogP contribution in [-0.2, 0) is 19.1 Å². The molecule has 0 aromatic rings. The van der Waals surface area contributed by atoms with Gasteiger partial charge >= 0.3 is 17.9 Å². The highest BCUT2D eigenvalue weighted by Gasteiger charge is 2.42. The van der Waals surface area contributed by atoms with E-state index >= 15 is 0 Å². The summed E-state index contributed by atoms with van der Waals surface area (Å²) in [4.78, 5) is 34.6. The first-order valence-corrected chi connectivity index (χ1v) is 8.41. The SMILES string of the molecule is C=CCC(C=CCOC(=O)C1CCC(C(=O)O)CC1C(=O)O)CC=C. The van der Waals surface area contributed by atoms with Crippen molar-refractivity contribution < 1.29 is 29.3 Å². The van der Waals surface area contributed by atoms with E-state index in [0.29, 0.717) is 0 Å². The van der Waals surface area contributed by atoms with Crippen molar-refractivity contribution in [3.05, 3.63) is 37.5 Å². The van der Waals surface area contributed by atoms with Crippen LogP contribution in [0.2, 0.25) is 0 Å². The Morgan fingerprint density at radius 2 is 1.68 bits per heavy atom. The van der Waals surface area contributed by atoms with E-state index in [1.54, 1.807) is 6.08 Å². The highest BCUT2D eigenvalue weighted by Crippen LogP contribution is 2.35. The largest absolute Gasteiger partial charge is 0.481 e. The Morgan fingerprint density at radius 3 is 2.20 bits per heavy atom. The molecule has 1 aliphatic carbocycles. The van der Waals surface area contributed by atoms with Crippen molar-refractivity contribution in [1.29, 1.82) is 0 Å². The fourth-order valence-corrected chi connectivity index (χ4v) is 3.12. The first-order valence-electron chi connectivity index (χ1n) is 8.41. The molecule has 0 aromatic carbocycles. The van der Waals surface area contributed by atoms with Gasteiger partial charge in [0.25, 0.3) is 0 Å². The fourth-order valence-electron chi connectivity index (χ4n) is 3.12. The molecule has 0 aliphatic heterocycles. The average molecular weight is 350 g/mol. The zero-order chi connectivity index (χ0) is 18.8. The lowest BCUT2D eigenvalue weighted by atomic mass is 9.74. The first-order chi connectivity index (χ1) is 11.9. The monoisotopic (exact) mass is 350 g/mol. The minimum Gasteiger partial charge on any atom is -0.481 e. The van der Waals surface area contributed by atoms with E-state index < -0.39 is 35.7 Å². The van der Waals surface area contributed by atoms with E-state index in [0.717, 1.165) is 12.8 Å². The molecule has 2 N–H and O–H groups in total. The Kier molecular flexibility index (Phi) is 8.67. The molecule has 6 nitrogen and oxygen atoms in total. The normalized spacial score (nSPS) is 23.3. The van der Waals surface area contributed by atoms with E-state index in [1.807, 2.05) is 18.2 Å². The summed E-state index contributed by atoms with van der Waals surface area (Å²) in [6.07, 6.45) is 9.31. The van der Waals surface area contributed by atoms with Crippen molar-refractivity contribution in [2.45, 2.75) is 32.1 Å². The Morgan fingerprint density at radius 1 is 1.04 bits per heavy atom. The zero-order valence-corrected chi connectivity index (χ0v) is 14.3. The molecule has 25 heavy (non-hydrogen) atoms. The Bertz CT molecular complexity index is 526. The predicted molar refractivity (Wildman–Crippen MR) is 92.8 cm³/mol. The number of carboxylic acids is 2. The third kappa shape index (κ3) is 6.57. The third-order valence-corrected chi connectivity index (χ3v) is 4.49. The quantitative estimate of drug-likeness (QED) is 0.464. The molecule has 6 heteroatoms. The molecule has 138 valence electrons. The van der Waals surface area contributed by atoms with E-state index in [4.69, 9.17) is 9.84 Å². The molecule has 1 saturated carbocycles. The molecule has 3 unspecified atom stereocenters. The molecular formula is C19H26O6. The lowest BCUT2D eigenvalue weighted by molar-refractivity contribution is -0.162. The summed E-state index contributed by atoms with van der Waals surface area (Å²) in [5, 5.41) is 18.3. The molecule has 3 atom stereocenters. The number of rotatable bonds is 10. The van der Waals surface area contributed by atoms with Crippen molar-refractivity contribution in [3.8, 4) is 0 Å². The second-order valence-corrected chi connectivity index (χ2v) is 6.27. The summed E-state index contributed by atoms with van der Waals surface area (Å²) in [5.74, 6) is -5.03. The number of carbonyl (C=O) groups is 3. The number of esters is 1. The van der Waals surface area contributed by atoms with Gasteiger partial charge in [-0.1, -0.05) is 24.3 Å². The topological polar surface area (TPSA) is 101 Å². The molecule has 0 aromatic heterocycles. The standard InChI is InChI=1S/C19H26O6/c1-3-6-13(7-4-2)8-5-11-25-19(24)15-10-9-14(17(20)21)12-16(15)18(22)23/h3-5,8,13-16H,1-2,6-7,9-12H2,(H,20,21)(H,22,23). The number of hydrogen-bond donors (Lipinski definition) is 2. The third-order valence-electron chi connectivity index (χ3n) is 4.49. The lowest BCUT2D eigenvalue weighted by Gasteiger charge is -2.30. The van der Waals surface area contributed by atoms with Crippen LogP contribution in [0.15, 0.2) is 37.5 Å². The average Bonchev–Trinajstić information content (AvgIpc) is 2.58. The van der Waals surface area contributed by atoms with Gasteiger partial charge in [0.1, 0.15) is 6.61 Å². The minimum absolute atomic E-state index is 0.0407. The van der Waals surface area contributed by atoms with Crippen LogP contribution in [0.4, 0.5) is 0 Å². The molecule has 1 aliphatic rings. The van der Waals surface area contributed by atoms with Gasteiger partial charge in [0.2, 0.25) is 0 Å². The maximum atomic E-state index is 12.2. The van der Waals surface area contributed by atoms with Crippen LogP contribution in [0, 0.1) is 23.7 Å². The summed E-state index contributed by atoms with van der Waals surface area (Å²) in [7, 11) is 0. The minimum atomic E-state index is -1.15. The summed E-state index contributed by atoms with van der Waals surface area (Å²) in [6.45, 7) is 7.45. The second-order valence-electron chi connectivity index (χ2n) is 6.27. The van der Waals surface area contributed by atoms with Crippen molar-refractivity contribution >= 4 is 17.9 Å². The van der Waals surface area contributed by atoms with Crippen molar-refractivity contribution in [2.24, 2.45) is 23.7 Å². The van der Waals surface area contributed by atoms with Gasteiger partial charge in [-0.15, -0.1) is 13.2 Å². The molecule has 0 bridgehead atoms. The van der Waals surface area contributed by atoms with Crippen molar-refractivity contribution in [3.63, 3.8) is 0 Å². The van der Waals surface area contributed by atoms with Gasteiger partial charge in [0.15, 0.2) is 0 Å². The van der Waals surface area contributed by atoms with Crippen LogP contribution in [0.25, 0.3) is 0 Å². The zero-order valence-electron chi connectivity index (χ0n) is 14.3. The number of allylic oxidation sites excluding steroid dienone is 3. The smallest absolute Gasteiger partial charge is 0.310 e. The van der Waals surface area contributed by atoms with Crippen LogP contribution >= 0.6 is 0 Å². The van der Waals surface area contributed by atoms with Crippen LogP contribution in [0.3, 0.4) is 0 Å². The van der Waals surface area contributed by atoms with Gasteiger partial charge in [-0.2, -0.15) is 0 Å². The summed E-state index contributed by atoms with van der Waals surface area (Å²) in [5.41, 5.74) is 0. The van der Waals surface area contributed by atoms with Crippen LogP contribution in [-0.4, -0.2) is 34.7 Å². The predicted octanol–water partition coefficient (Wildman–Crippen LogP) is 3.06. The van der Waals surface area contributed by atoms with Crippen LogP contribution in [0.1, 0.15) is 32.1 Å². The lowest BCUT2D eigenvalue weighted by Crippen LogP contribution is -2.38. The molecule has 0 spiro atoms. The van der Waals surface area contributed by atoms with Crippen molar-refractivity contribution in [1.82, 2.24) is 0 Å². The highest BCUT2D eigenvalue weighted by molar-refractivity contribution is 5.82. The number of carbonyl (C=O) groups excluding carboxylic acids is 1. The Hall–Kier alpha value is -2.37. The van der Waals surface area contributed by atoms with Gasteiger partial charge in [0, 0.05) is 0 Å². The van der Waals surface area contributed by atoms with Gasteiger partial charge in [-0.05, 0) is 38.0 Å². The molecule has 1 rings (SSSR count). The van der Waals surface area contributed by atoms with Gasteiger partial charge < -0.3 is 14.9 Å². The van der Waals surface area contributed by atoms with Gasteiger partial charge in [-0.25, -0.2) is 0 Å². The van der Waals surface area contributed by atoms with E-state index in [2.05, 4.69) is 13.2 Å². The Labute approximate surface area is 147 Å². The Balaban J connectivity index is 2.57. The number of aliphatic carboxylic acids is 2. The fraction of sp³-hybridized carbons (Fsp3) is 0.526. The van der Waals surface area contributed by atoms with E-state index in [-0.39, 0.29) is 31.8 Å². The van der Waals surface area contributed by atoms with E-state index in [9.17, 15) is 19.5 Å². The second kappa shape index (κ2) is 10.5. The summed E-state index contributed by atoms with van der Waals surface area (Å²) < 4.78 is 5.18. The van der Waals surface area contributed by atoms with Gasteiger partial charge in [0.05, 0.1) is 17.8 Å². The molecule has 1 fully saturated rings. The molecule has 0 radical (unpaired) electrons. The summed E-state index contributed by atoms with van der Waals surface area (Å²) in [6, 6.07) is 0. The maximum Gasteiger partial charge on any atom is 0.310 e. The van der Waals surface area contributed by atoms with Gasteiger partial charge in [-0.3, -0.25) is 14.4 Å². The molecule has 0 heterocycles. The molecular weight excluding hydrogens is 324 g/mol.